The van der Waals surface area contributed by atoms with Crippen LogP contribution in [0, 0.1) is 0 Å². The van der Waals surface area contributed by atoms with Crippen molar-refractivity contribution in [3.8, 4) is 0 Å². The van der Waals surface area contributed by atoms with Crippen molar-refractivity contribution in [1.29, 1.82) is 0 Å². The Morgan fingerprint density at radius 3 is 2.44 bits per heavy atom. The number of alkyl halides is 3. The molecule has 0 aliphatic heterocycles. The van der Waals surface area contributed by atoms with Gasteiger partial charge in [-0.2, -0.15) is 13.2 Å². The van der Waals surface area contributed by atoms with Gasteiger partial charge >= 0.3 is 12.2 Å². The van der Waals surface area contributed by atoms with E-state index in [1.54, 1.807) is 0 Å². The second-order valence-corrected chi connectivity index (χ2v) is 4.12. The van der Waals surface area contributed by atoms with Crippen LogP contribution in [-0.4, -0.2) is 23.8 Å². The third-order valence-electron chi connectivity index (χ3n) is 1.78. The summed E-state index contributed by atoms with van der Waals surface area (Å²) in [5, 5.41) is 2.59. The molecule has 0 radical (unpaired) electrons. The van der Waals surface area contributed by atoms with Crippen LogP contribution in [0.1, 0.15) is 0 Å². The van der Waals surface area contributed by atoms with E-state index < -0.39 is 18.8 Å². The molecule has 0 unspecified atom stereocenters. The summed E-state index contributed by atoms with van der Waals surface area (Å²) in [6.45, 7) is -1.56. The Hall–Kier alpha value is -1.18. The van der Waals surface area contributed by atoms with Crippen LogP contribution in [0.2, 0.25) is 10.0 Å². The molecular weight excluding hydrogens is 294 g/mol. The zero-order chi connectivity index (χ0) is 13.9. The van der Waals surface area contributed by atoms with E-state index in [1.165, 1.54) is 18.2 Å². The lowest BCUT2D eigenvalue weighted by Crippen LogP contribution is -2.46. The number of nitrogens with two attached hydrogens (primary N) is 1. The molecule has 9 heteroatoms. The molecule has 0 aromatic heterocycles. The number of carbonyl (C=O) groups excluding carboxylic acids is 1. The fraction of sp³-hybridized carbons (Fsp3) is 0.222. The van der Waals surface area contributed by atoms with Gasteiger partial charge in [-0.05, 0) is 18.2 Å². The second kappa shape index (κ2) is 5.64. The third-order valence-corrected chi connectivity index (χ3v) is 2.52. The molecule has 1 aromatic carbocycles. The van der Waals surface area contributed by atoms with Gasteiger partial charge in [0.2, 0.25) is 0 Å². The number of anilines is 1. The molecule has 0 fully saturated rings. The van der Waals surface area contributed by atoms with Gasteiger partial charge in [0, 0.05) is 5.69 Å². The van der Waals surface area contributed by atoms with Gasteiger partial charge in [0.05, 0.1) is 10.0 Å². The number of hydrogen-bond donors (Lipinski definition) is 2. The lowest BCUT2D eigenvalue weighted by molar-refractivity contribution is -0.139. The molecule has 3 N–H and O–H groups in total. The van der Waals surface area contributed by atoms with Crippen LogP contribution in [0.5, 0.6) is 0 Å². The first kappa shape index (κ1) is 14.9. The summed E-state index contributed by atoms with van der Waals surface area (Å²) in [7, 11) is 0. The quantitative estimate of drug-likeness (QED) is 0.500. The molecule has 0 spiro atoms. The van der Waals surface area contributed by atoms with E-state index in [1.807, 2.05) is 0 Å². The first-order valence-corrected chi connectivity index (χ1v) is 5.29. The number of urea groups is 1. The Morgan fingerprint density at radius 1 is 1.33 bits per heavy atom. The molecular formula is C9H8Cl2F3N3O. The average Bonchev–Trinajstić information content (AvgIpc) is 2.21. The SMILES string of the molecule is NN(CC(F)(F)F)C(=O)Nc1ccc(Cl)c(Cl)c1. The van der Waals surface area contributed by atoms with Crippen LogP contribution < -0.4 is 11.2 Å². The maximum absolute atomic E-state index is 12.0. The number of halogens is 5. The van der Waals surface area contributed by atoms with Crippen LogP contribution in [0.3, 0.4) is 0 Å². The molecule has 1 aromatic rings. The molecule has 0 saturated heterocycles. The van der Waals surface area contributed by atoms with E-state index >= 15 is 0 Å². The van der Waals surface area contributed by atoms with Gasteiger partial charge in [-0.3, -0.25) is 5.01 Å². The van der Waals surface area contributed by atoms with Crippen LogP contribution in [0.15, 0.2) is 18.2 Å². The van der Waals surface area contributed by atoms with Gasteiger partial charge in [0.25, 0.3) is 0 Å². The molecule has 0 atom stereocenters. The first-order chi connectivity index (χ1) is 8.19. The van der Waals surface area contributed by atoms with Crippen LogP contribution >= 0.6 is 23.2 Å². The van der Waals surface area contributed by atoms with Gasteiger partial charge in [0.1, 0.15) is 6.54 Å². The van der Waals surface area contributed by atoms with E-state index in [4.69, 9.17) is 29.0 Å². The van der Waals surface area contributed by atoms with Crippen molar-refractivity contribution in [3.05, 3.63) is 28.2 Å². The predicted octanol–water partition coefficient (Wildman–Crippen LogP) is 3.26. The van der Waals surface area contributed by atoms with Gasteiger partial charge in [-0.15, -0.1) is 0 Å². The number of carbonyl (C=O) groups is 1. The van der Waals surface area contributed by atoms with Crippen molar-refractivity contribution in [1.82, 2.24) is 5.01 Å². The monoisotopic (exact) mass is 301 g/mol. The average molecular weight is 302 g/mol. The van der Waals surface area contributed by atoms with E-state index in [-0.39, 0.29) is 20.7 Å². The molecule has 100 valence electrons. The third kappa shape index (κ3) is 4.59. The first-order valence-electron chi connectivity index (χ1n) is 4.54. The smallest absolute Gasteiger partial charge is 0.307 e. The standard InChI is InChI=1S/C9H8Cl2F3N3O/c10-6-2-1-5(3-7(6)11)16-8(18)17(15)4-9(12,13)14/h1-3H,4,15H2,(H,16,18). The van der Waals surface area contributed by atoms with Crippen molar-refractivity contribution in [2.45, 2.75) is 6.18 Å². The summed E-state index contributed by atoms with van der Waals surface area (Å²) in [5.74, 6) is 4.96. The topological polar surface area (TPSA) is 58.4 Å². The molecule has 18 heavy (non-hydrogen) atoms. The highest BCUT2D eigenvalue weighted by Crippen LogP contribution is 2.25. The van der Waals surface area contributed by atoms with Crippen molar-refractivity contribution in [2.75, 3.05) is 11.9 Å². The lowest BCUT2D eigenvalue weighted by atomic mass is 10.3. The van der Waals surface area contributed by atoms with E-state index in [2.05, 4.69) is 5.32 Å². The van der Waals surface area contributed by atoms with Crippen LogP contribution in [0.4, 0.5) is 23.7 Å². The highest BCUT2D eigenvalue weighted by molar-refractivity contribution is 6.42. The molecule has 0 heterocycles. The molecule has 0 bridgehead atoms. The van der Waals surface area contributed by atoms with Crippen molar-refractivity contribution >= 4 is 34.9 Å². The normalized spacial score (nSPS) is 11.2. The molecule has 2 amide bonds. The minimum atomic E-state index is -4.57. The summed E-state index contributed by atoms with van der Waals surface area (Å²) in [5.41, 5.74) is 0.187. The number of hydrogen-bond acceptors (Lipinski definition) is 2. The van der Waals surface area contributed by atoms with Gasteiger partial charge in [-0.25, -0.2) is 10.6 Å². The summed E-state index contributed by atoms with van der Waals surface area (Å²) in [6, 6.07) is 2.96. The highest BCUT2D eigenvalue weighted by Gasteiger charge is 2.31. The highest BCUT2D eigenvalue weighted by atomic mass is 35.5. The summed E-state index contributed by atoms with van der Waals surface area (Å²) in [6.07, 6.45) is -4.57. The van der Waals surface area contributed by atoms with E-state index in [9.17, 15) is 18.0 Å². The Balaban J connectivity index is 2.67. The van der Waals surface area contributed by atoms with Crippen molar-refractivity contribution in [3.63, 3.8) is 0 Å². The van der Waals surface area contributed by atoms with Gasteiger partial charge in [0.15, 0.2) is 0 Å². The molecule has 4 nitrogen and oxygen atoms in total. The van der Waals surface area contributed by atoms with Gasteiger partial charge in [-0.1, -0.05) is 23.2 Å². The number of hydrazine groups is 1. The number of nitrogens with one attached hydrogen (secondary N) is 1. The molecule has 1 rings (SSSR count). The van der Waals surface area contributed by atoms with Crippen molar-refractivity contribution < 1.29 is 18.0 Å². The minimum absolute atomic E-state index is 0.0164. The number of rotatable bonds is 2. The molecule has 0 saturated carbocycles. The fourth-order valence-electron chi connectivity index (χ4n) is 1.03. The van der Waals surface area contributed by atoms with Crippen LogP contribution in [0.25, 0.3) is 0 Å². The number of benzene rings is 1. The lowest BCUT2D eigenvalue weighted by Gasteiger charge is -2.18. The Morgan fingerprint density at radius 2 is 1.94 bits per heavy atom. The fourth-order valence-corrected chi connectivity index (χ4v) is 1.33. The summed E-state index contributed by atoms with van der Waals surface area (Å²) in [4.78, 5) is 11.3. The zero-order valence-corrected chi connectivity index (χ0v) is 10.3. The van der Waals surface area contributed by atoms with E-state index in [0.29, 0.717) is 0 Å². The van der Waals surface area contributed by atoms with E-state index in [0.717, 1.165) is 0 Å². The van der Waals surface area contributed by atoms with Crippen LogP contribution in [-0.2, 0) is 0 Å². The van der Waals surface area contributed by atoms with Gasteiger partial charge < -0.3 is 5.32 Å². The largest absolute Gasteiger partial charge is 0.407 e. The second-order valence-electron chi connectivity index (χ2n) is 3.30. The summed E-state index contributed by atoms with van der Waals surface area (Å²) >= 11 is 11.3. The summed E-state index contributed by atoms with van der Waals surface area (Å²) < 4.78 is 35.9. The maximum Gasteiger partial charge on any atom is 0.407 e. The Labute approximate surface area is 110 Å². The minimum Gasteiger partial charge on any atom is -0.307 e. The Bertz CT molecular complexity index is 453. The Kier molecular flexibility index (Phi) is 4.66. The van der Waals surface area contributed by atoms with Crippen molar-refractivity contribution in [2.24, 2.45) is 5.84 Å². The number of nitrogens with zero attached hydrogens (tertiary/aromatic N) is 1. The zero-order valence-electron chi connectivity index (χ0n) is 8.76. The molecule has 0 aliphatic carbocycles. The predicted molar refractivity (Wildman–Crippen MR) is 62.4 cm³/mol. The molecule has 0 aliphatic rings. The number of amides is 2. The maximum atomic E-state index is 12.0.